The Morgan fingerprint density at radius 3 is 2.35 bits per heavy atom. The SMILES string of the molecule is COCCOCCOCCNCC(=O)N1CCCCC1. The van der Waals surface area contributed by atoms with Gasteiger partial charge in [-0.1, -0.05) is 0 Å². The first kappa shape index (κ1) is 17.4. The normalized spacial score (nSPS) is 15.6. The molecule has 0 saturated carbocycles. The van der Waals surface area contributed by atoms with Crippen molar-refractivity contribution in [3.8, 4) is 0 Å². The van der Waals surface area contributed by atoms with Crippen LogP contribution in [0.2, 0.25) is 0 Å². The minimum absolute atomic E-state index is 0.201. The van der Waals surface area contributed by atoms with Gasteiger partial charge < -0.3 is 24.4 Å². The van der Waals surface area contributed by atoms with Gasteiger partial charge in [0.05, 0.1) is 39.6 Å². The molecule has 1 aliphatic rings. The van der Waals surface area contributed by atoms with Gasteiger partial charge in [-0.15, -0.1) is 0 Å². The van der Waals surface area contributed by atoms with E-state index in [0.717, 1.165) is 25.9 Å². The number of nitrogens with one attached hydrogen (secondary N) is 1. The molecular weight excluding hydrogens is 260 g/mol. The van der Waals surface area contributed by atoms with Crippen molar-refractivity contribution in [2.24, 2.45) is 0 Å². The van der Waals surface area contributed by atoms with E-state index in [1.54, 1.807) is 7.11 Å². The molecule has 1 N–H and O–H groups in total. The summed E-state index contributed by atoms with van der Waals surface area (Å²) < 4.78 is 15.5. The van der Waals surface area contributed by atoms with Crippen LogP contribution in [-0.2, 0) is 19.0 Å². The minimum atomic E-state index is 0.201. The van der Waals surface area contributed by atoms with Crippen molar-refractivity contribution in [3.63, 3.8) is 0 Å². The number of ether oxygens (including phenoxy) is 3. The van der Waals surface area contributed by atoms with Crippen LogP contribution in [0.1, 0.15) is 19.3 Å². The second-order valence-corrected chi connectivity index (χ2v) is 4.84. The zero-order chi connectivity index (χ0) is 14.5. The third-order valence-electron chi connectivity index (χ3n) is 3.21. The minimum Gasteiger partial charge on any atom is -0.382 e. The van der Waals surface area contributed by atoms with Gasteiger partial charge in [-0.25, -0.2) is 0 Å². The summed E-state index contributed by atoms with van der Waals surface area (Å²) in [6, 6.07) is 0. The molecule has 6 heteroatoms. The number of hydrogen-bond donors (Lipinski definition) is 1. The summed E-state index contributed by atoms with van der Waals surface area (Å²) in [5.74, 6) is 0.201. The summed E-state index contributed by atoms with van der Waals surface area (Å²) in [5, 5.41) is 3.12. The average molecular weight is 288 g/mol. The van der Waals surface area contributed by atoms with Crippen LogP contribution in [0.5, 0.6) is 0 Å². The van der Waals surface area contributed by atoms with Crippen LogP contribution in [0.25, 0.3) is 0 Å². The Labute approximate surface area is 121 Å². The van der Waals surface area contributed by atoms with Gasteiger partial charge in [0.2, 0.25) is 5.91 Å². The molecule has 0 aliphatic carbocycles. The van der Waals surface area contributed by atoms with Gasteiger partial charge in [-0.05, 0) is 19.3 Å². The molecule has 0 radical (unpaired) electrons. The maximum Gasteiger partial charge on any atom is 0.236 e. The highest BCUT2D eigenvalue weighted by molar-refractivity contribution is 5.78. The Bertz CT molecular complexity index is 245. The standard InChI is InChI=1S/C14H28N2O4/c1-18-9-10-20-12-11-19-8-5-15-13-14(17)16-6-3-2-4-7-16/h15H,2-13H2,1H3. The molecule has 0 spiro atoms. The zero-order valence-electron chi connectivity index (χ0n) is 12.6. The Balaban J connectivity index is 1.83. The monoisotopic (exact) mass is 288 g/mol. The van der Waals surface area contributed by atoms with E-state index in [0.29, 0.717) is 46.1 Å². The van der Waals surface area contributed by atoms with Crippen LogP contribution < -0.4 is 5.32 Å². The molecule has 1 saturated heterocycles. The number of hydrogen-bond acceptors (Lipinski definition) is 5. The van der Waals surface area contributed by atoms with Crippen molar-refractivity contribution in [2.45, 2.75) is 19.3 Å². The van der Waals surface area contributed by atoms with Crippen LogP contribution in [0.3, 0.4) is 0 Å². The molecule has 0 aromatic heterocycles. The van der Waals surface area contributed by atoms with Gasteiger partial charge >= 0.3 is 0 Å². The Hall–Kier alpha value is -0.690. The Morgan fingerprint density at radius 2 is 1.65 bits per heavy atom. The van der Waals surface area contributed by atoms with Crippen molar-refractivity contribution in [1.29, 1.82) is 0 Å². The van der Waals surface area contributed by atoms with Gasteiger partial charge in [0.25, 0.3) is 0 Å². The fourth-order valence-corrected chi connectivity index (χ4v) is 2.06. The number of likely N-dealkylation sites (tertiary alicyclic amines) is 1. The highest BCUT2D eigenvalue weighted by atomic mass is 16.5. The third-order valence-corrected chi connectivity index (χ3v) is 3.21. The maximum atomic E-state index is 11.8. The first-order chi connectivity index (χ1) is 9.84. The molecule has 1 amide bonds. The number of rotatable bonds is 11. The van der Waals surface area contributed by atoms with Crippen LogP contribution in [0.4, 0.5) is 0 Å². The molecule has 0 bridgehead atoms. The van der Waals surface area contributed by atoms with E-state index < -0.39 is 0 Å². The molecule has 118 valence electrons. The lowest BCUT2D eigenvalue weighted by Crippen LogP contribution is -2.41. The second kappa shape index (κ2) is 12.1. The van der Waals surface area contributed by atoms with Crippen LogP contribution in [0.15, 0.2) is 0 Å². The smallest absolute Gasteiger partial charge is 0.236 e. The molecule has 0 aromatic carbocycles. The molecular formula is C14H28N2O4. The fraction of sp³-hybridized carbons (Fsp3) is 0.929. The summed E-state index contributed by atoms with van der Waals surface area (Å²) in [7, 11) is 1.65. The summed E-state index contributed by atoms with van der Waals surface area (Å²) in [6.45, 7) is 5.89. The molecule has 20 heavy (non-hydrogen) atoms. The van der Waals surface area contributed by atoms with Crippen LogP contribution in [-0.4, -0.2) is 77.1 Å². The lowest BCUT2D eigenvalue weighted by atomic mass is 10.1. The summed E-state index contributed by atoms with van der Waals surface area (Å²) in [5.41, 5.74) is 0. The molecule has 0 unspecified atom stereocenters. The van der Waals surface area contributed by atoms with E-state index in [4.69, 9.17) is 14.2 Å². The molecule has 0 atom stereocenters. The Morgan fingerprint density at radius 1 is 1.00 bits per heavy atom. The number of nitrogens with zero attached hydrogens (tertiary/aromatic N) is 1. The number of carbonyl (C=O) groups excluding carboxylic acids is 1. The number of methoxy groups -OCH3 is 1. The van der Waals surface area contributed by atoms with E-state index in [9.17, 15) is 4.79 Å². The van der Waals surface area contributed by atoms with Crippen molar-refractivity contribution in [3.05, 3.63) is 0 Å². The highest BCUT2D eigenvalue weighted by Gasteiger charge is 2.15. The van der Waals surface area contributed by atoms with Gasteiger partial charge in [0, 0.05) is 26.7 Å². The number of carbonyl (C=O) groups is 1. The van der Waals surface area contributed by atoms with Crippen molar-refractivity contribution in [1.82, 2.24) is 10.2 Å². The van der Waals surface area contributed by atoms with Crippen molar-refractivity contribution >= 4 is 5.91 Å². The second-order valence-electron chi connectivity index (χ2n) is 4.84. The molecule has 1 heterocycles. The molecule has 1 fully saturated rings. The third kappa shape index (κ3) is 8.47. The number of amides is 1. The van der Waals surface area contributed by atoms with E-state index in [1.807, 2.05) is 4.90 Å². The summed E-state index contributed by atoms with van der Waals surface area (Å²) in [4.78, 5) is 13.8. The Kier molecular flexibility index (Phi) is 10.5. The van der Waals surface area contributed by atoms with Crippen molar-refractivity contribution < 1.29 is 19.0 Å². The average Bonchev–Trinajstić information content (AvgIpc) is 2.50. The predicted molar refractivity (Wildman–Crippen MR) is 76.8 cm³/mol. The number of piperidine rings is 1. The van der Waals surface area contributed by atoms with Gasteiger partial charge in [-0.2, -0.15) is 0 Å². The quantitative estimate of drug-likeness (QED) is 0.553. The van der Waals surface area contributed by atoms with E-state index in [1.165, 1.54) is 6.42 Å². The van der Waals surface area contributed by atoms with Crippen LogP contribution >= 0.6 is 0 Å². The van der Waals surface area contributed by atoms with Gasteiger partial charge in [-0.3, -0.25) is 4.79 Å². The van der Waals surface area contributed by atoms with Crippen molar-refractivity contribution in [2.75, 3.05) is 66.3 Å². The fourth-order valence-electron chi connectivity index (χ4n) is 2.06. The van der Waals surface area contributed by atoms with E-state index >= 15 is 0 Å². The largest absolute Gasteiger partial charge is 0.382 e. The summed E-state index contributed by atoms with van der Waals surface area (Å²) >= 11 is 0. The van der Waals surface area contributed by atoms with Crippen LogP contribution in [0, 0.1) is 0 Å². The molecule has 1 aliphatic heterocycles. The summed E-state index contributed by atoms with van der Waals surface area (Å²) in [6.07, 6.45) is 3.52. The van der Waals surface area contributed by atoms with E-state index in [2.05, 4.69) is 5.32 Å². The van der Waals surface area contributed by atoms with E-state index in [-0.39, 0.29) is 5.91 Å². The molecule has 0 aromatic rings. The highest BCUT2D eigenvalue weighted by Crippen LogP contribution is 2.07. The maximum absolute atomic E-state index is 11.8. The first-order valence-corrected chi connectivity index (χ1v) is 7.47. The zero-order valence-corrected chi connectivity index (χ0v) is 12.6. The predicted octanol–water partition coefficient (Wildman–Crippen LogP) is 0.268. The van der Waals surface area contributed by atoms with Gasteiger partial charge in [0.15, 0.2) is 0 Å². The molecule has 6 nitrogen and oxygen atoms in total. The lowest BCUT2D eigenvalue weighted by Gasteiger charge is -2.26. The lowest BCUT2D eigenvalue weighted by molar-refractivity contribution is -0.131. The first-order valence-electron chi connectivity index (χ1n) is 7.47. The van der Waals surface area contributed by atoms with Gasteiger partial charge in [0.1, 0.15) is 0 Å². The topological polar surface area (TPSA) is 60.0 Å². The molecule has 1 rings (SSSR count).